The number of nitrogens with zero attached hydrogens (tertiary/aromatic N) is 3. The van der Waals surface area contributed by atoms with Crippen LogP contribution in [0.15, 0.2) is 30.5 Å². The van der Waals surface area contributed by atoms with E-state index < -0.39 is 64.9 Å². The number of aliphatic hydroxyl groups is 2. The maximum Gasteiger partial charge on any atom is 0.433 e. The molecule has 2 heterocycles. The Morgan fingerprint density at radius 2 is 1.19 bits per heavy atom. The number of nitriles is 1. The molecule has 5 nitrogen and oxygen atoms in total. The monoisotopic (exact) mass is 459 g/mol. The molecule has 14 heteroatoms. The molecule has 2 N–H and O–H groups in total. The van der Waals surface area contributed by atoms with Gasteiger partial charge >= 0.3 is 18.5 Å². The third-order valence-corrected chi connectivity index (χ3v) is 4.02. The first-order chi connectivity index (χ1) is 14.1. The molecule has 2 aromatic heterocycles. The molecule has 0 bridgehead atoms. The van der Waals surface area contributed by atoms with Crippen molar-refractivity contribution in [2.75, 3.05) is 0 Å². The molecule has 0 amide bonds. The molecular weight excluding hydrogens is 449 g/mol. The second-order valence-electron chi connectivity index (χ2n) is 6.19. The molecule has 0 spiro atoms. The predicted molar refractivity (Wildman–Crippen MR) is 82.5 cm³/mol. The van der Waals surface area contributed by atoms with E-state index in [1.54, 1.807) is 0 Å². The average molecular weight is 459 g/mol. The van der Waals surface area contributed by atoms with Gasteiger partial charge in [0.05, 0.1) is 18.3 Å². The van der Waals surface area contributed by atoms with Crippen molar-refractivity contribution in [3.05, 3.63) is 58.7 Å². The Morgan fingerprint density at radius 3 is 1.55 bits per heavy atom. The lowest BCUT2D eigenvalue weighted by Crippen LogP contribution is -2.22. The molecule has 168 valence electrons. The molecule has 0 radical (unpaired) electrons. The van der Waals surface area contributed by atoms with E-state index in [-0.39, 0.29) is 12.1 Å². The molecule has 2 rings (SSSR count). The summed E-state index contributed by atoms with van der Waals surface area (Å²) in [4.78, 5) is 5.49. The summed E-state index contributed by atoms with van der Waals surface area (Å²) < 4.78 is 115. The van der Waals surface area contributed by atoms with Crippen LogP contribution in [0, 0.1) is 17.2 Å². The second-order valence-corrected chi connectivity index (χ2v) is 6.19. The van der Waals surface area contributed by atoms with Gasteiger partial charge in [-0.05, 0) is 23.8 Å². The van der Waals surface area contributed by atoms with Crippen LogP contribution in [0.4, 0.5) is 39.5 Å². The third-order valence-electron chi connectivity index (χ3n) is 4.02. The van der Waals surface area contributed by atoms with Crippen molar-refractivity contribution in [2.45, 2.75) is 30.7 Å². The largest absolute Gasteiger partial charge is 0.433 e. The van der Waals surface area contributed by atoms with Gasteiger partial charge in [0.2, 0.25) is 0 Å². The summed E-state index contributed by atoms with van der Waals surface area (Å²) in [5.41, 5.74) is -6.81. The molecule has 0 aliphatic rings. The molecule has 3 atom stereocenters. The zero-order valence-electron chi connectivity index (χ0n) is 14.8. The van der Waals surface area contributed by atoms with Crippen molar-refractivity contribution in [1.82, 2.24) is 9.97 Å². The Kier molecular flexibility index (Phi) is 6.53. The lowest BCUT2D eigenvalue weighted by Gasteiger charge is -2.23. The van der Waals surface area contributed by atoms with Crippen molar-refractivity contribution in [3.63, 3.8) is 0 Å². The van der Waals surface area contributed by atoms with Crippen molar-refractivity contribution in [2.24, 2.45) is 5.92 Å². The maximum absolute atomic E-state index is 12.9. The molecule has 0 aliphatic carbocycles. The lowest BCUT2D eigenvalue weighted by molar-refractivity contribution is -0.150. The van der Waals surface area contributed by atoms with Crippen LogP contribution < -0.4 is 0 Å². The van der Waals surface area contributed by atoms with Gasteiger partial charge in [-0.1, -0.05) is 6.07 Å². The van der Waals surface area contributed by atoms with Gasteiger partial charge in [0.25, 0.3) is 0 Å². The minimum atomic E-state index is -5.33. The minimum Gasteiger partial charge on any atom is -0.387 e. The number of aromatic nitrogens is 2. The maximum atomic E-state index is 12.9. The van der Waals surface area contributed by atoms with Gasteiger partial charge in [-0.15, -0.1) is 0 Å². The summed E-state index contributed by atoms with van der Waals surface area (Å²) in [6.07, 6.45) is -19.4. The first-order valence-corrected chi connectivity index (χ1v) is 8.01. The number of hydrogen-bond donors (Lipinski definition) is 2. The molecule has 0 saturated heterocycles. The zero-order chi connectivity index (χ0) is 23.8. The highest BCUT2D eigenvalue weighted by Gasteiger charge is 2.41. The standard InChI is InChI=1S/C17H10F9N3O2/c18-15(19,20)10-2-1-7(6-28-10)13(30)9(5-27)14(31)8-3-11(16(21,22)23)29-12(4-8)17(24,25)26/h1-4,6,9,13-14,30-31H. The first kappa shape index (κ1) is 24.4. The predicted octanol–water partition coefficient (Wildman–Crippen LogP) is 4.44. The summed E-state index contributed by atoms with van der Waals surface area (Å²) >= 11 is 0. The molecule has 0 aliphatic heterocycles. The van der Waals surface area contributed by atoms with Crippen LogP contribution in [0.1, 0.15) is 40.4 Å². The Bertz CT molecular complexity index is 931. The lowest BCUT2D eigenvalue weighted by atomic mass is 9.88. The summed E-state index contributed by atoms with van der Waals surface area (Å²) in [7, 11) is 0. The van der Waals surface area contributed by atoms with Crippen LogP contribution in [-0.4, -0.2) is 20.2 Å². The molecule has 31 heavy (non-hydrogen) atoms. The van der Waals surface area contributed by atoms with Crippen LogP contribution in [0.3, 0.4) is 0 Å². The Balaban J connectivity index is 2.45. The van der Waals surface area contributed by atoms with Gasteiger partial charge in [-0.2, -0.15) is 44.8 Å². The highest BCUT2D eigenvalue weighted by atomic mass is 19.4. The van der Waals surface area contributed by atoms with E-state index in [1.165, 1.54) is 6.07 Å². The summed E-state index contributed by atoms with van der Waals surface area (Å²) in [5.74, 6) is -2.05. The van der Waals surface area contributed by atoms with E-state index in [2.05, 4.69) is 9.97 Å². The van der Waals surface area contributed by atoms with Crippen molar-refractivity contribution in [3.8, 4) is 6.07 Å². The average Bonchev–Trinajstić information content (AvgIpc) is 2.66. The molecule has 0 saturated carbocycles. The van der Waals surface area contributed by atoms with Crippen LogP contribution in [0.5, 0.6) is 0 Å². The highest BCUT2D eigenvalue weighted by Crippen LogP contribution is 2.38. The fourth-order valence-corrected chi connectivity index (χ4v) is 2.49. The van der Waals surface area contributed by atoms with Crippen LogP contribution >= 0.6 is 0 Å². The van der Waals surface area contributed by atoms with E-state index >= 15 is 0 Å². The Hall–Kier alpha value is -2.92. The van der Waals surface area contributed by atoms with E-state index in [0.29, 0.717) is 18.3 Å². The molecule has 3 unspecified atom stereocenters. The number of alkyl halides is 9. The fourth-order valence-electron chi connectivity index (χ4n) is 2.49. The van der Waals surface area contributed by atoms with Crippen molar-refractivity contribution >= 4 is 0 Å². The summed E-state index contributed by atoms with van der Waals surface area (Å²) in [5, 5.41) is 29.6. The topological polar surface area (TPSA) is 90.0 Å². The van der Waals surface area contributed by atoms with Gasteiger partial charge in [0.1, 0.15) is 23.0 Å². The Morgan fingerprint density at radius 1 is 0.742 bits per heavy atom. The van der Waals surface area contributed by atoms with Gasteiger partial charge in [0, 0.05) is 11.8 Å². The van der Waals surface area contributed by atoms with Gasteiger partial charge < -0.3 is 10.2 Å². The third kappa shape index (κ3) is 5.61. The smallest absolute Gasteiger partial charge is 0.387 e. The Labute approximate surface area is 167 Å². The molecule has 2 aromatic rings. The van der Waals surface area contributed by atoms with Gasteiger partial charge in [-0.25, -0.2) is 4.98 Å². The minimum absolute atomic E-state index is 0.0714. The van der Waals surface area contributed by atoms with Crippen LogP contribution in [0.25, 0.3) is 0 Å². The van der Waals surface area contributed by atoms with Gasteiger partial charge in [0.15, 0.2) is 0 Å². The summed E-state index contributed by atoms with van der Waals surface area (Å²) in [6.45, 7) is 0. The van der Waals surface area contributed by atoms with Crippen molar-refractivity contribution in [1.29, 1.82) is 5.26 Å². The van der Waals surface area contributed by atoms with Crippen molar-refractivity contribution < 1.29 is 49.7 Å². The number of rotatable bonds is 4. The van der Waals surface area contributed by atoms with E-state index in [1.807, 2.05) is 0 Å². The van der Waals surface area contributed by atoms with E-state index in [0.717, 1.165) is 0 Å². The normalized spacial score (nSPS) is 15.8. The molecule has 0 aromatic carbocycles. The fraction of sp³-hybridized carbons (Fsp3) is 0.353. The number of hydrogen-bond acceptors (Lipinski definition) is 5. The van der Waals surface area contributed by atoms with E-state index in [9.17, 15) is 55.0 Å². The SMILES string of the molecule is N#CC(C(O)c1ccc(C(F)(F)F)nc1)C(O)c1cc(C(F)(F)F)nc(C(F)(F)F)c1. The zero-order valence-corrected chi connectivity index (χ0v) is 14.8. The first-order valence-electron chi connectivity index (χ1n) is 8.01. The summed E-state index contributed by atoms with van der Waals surface area (Å²) in [6, 6.07) is 2.61. The van der Waals surface area contributed by atoms with Gasteiger partial charge in [-0.3, -0.25) is 4.98 Å². The quantitative estimate of drug-likeness (QED) is 0.660. The second kappa shape index (κ2) is 8.31. The molecular formula is C17H10F9N3O2. The highest BCUT2D eigenvalue weighted by molar-refractivity contribution is 5.29. The number of aliphatic hydroxyl groups excluding tert-OH is 2. The number of halogens is 9. The van der Waals surface area contributed by atoms with E-state index in [4.69, 9.17) is 0 Å². The molecule has 0 fully saturated rings. The van der Waals surface area contributed by atoms with Crippen LogP contribution in [-0.2, 0) is 18.5 Å². The number of pyridine rings is 2. The van der Waals surface area contributed by atoms with Crippen LogP contribution in [0.2, 0.25) is 0 Å².